The number of fused-ring (bicyclic) bond motifs is 1. The Labute approximate surface area is 181 Å². The molecule has 0 fully saturated rings. The van der Waals surface area contributed by atoms with Gasteiger partial charge in [0.2, 0.25) is 0 Å². The zero-order valence-corrected chi connectivity index (χ0v) is 17.9. The maximum absolute atomic E-state index is 12.7. The van der Waals surface area contributed by atoms with Gasteiger partial charge < -0.3 is 8.37 Å². The lowest BCUT2D eigenvalue weighted by Gasteiger charge is -2.12. The van der Waals surface area contributed by atoms with Crippen LogP contribution in [0.3, 0.4) is 0 Å². The van der Waals surface area contributed by atoms with E-state index in [1.807, 2.05) is 0 Å². The van der Waals surface area contributed by atoms with Crippen molar-refractivity contribution < 1.29 is 51.5 Å². The molecule has 0 saturated carbocycles. The van der Waals surface area contributed by atoms with Gasteiger partial charge in [-0.1, -0.05) is 12.1 Å². The molecule has 0 aliphatic carbocycles. The molecule has 0 aliphatic heterocycles. The van der Waals surface area contributed by atoms with Crippen LogP contribution >= 0.6 is 11.3 Å². The second-order valence-electron chi connectivity index (χ2n) is 6.20. The lowest BCUT2D eigenvalue weighted by molar-refractivity contribution is -0.0504. The maximum Gasteiger partial charge on any atom is 0.534 e. The zero-order chi connectivity index (χ0) is 24.1. The summed E-state index contributed by atoms with van der Waals surface area (Å²) >= 11 is 0.967. The van der Waals surface area contributed by atoms with E-state index in [1.165, 1.54) is 18.2 Å². The summed E-state index contributed by atoms with van der Waals surface area (Å²) in [6.45, 7) is 1.62. The van der Waals surface area contributed by atoms with Gasteiger partial charge in [0.15, 0.2) is 5.75 Å². The largest absolute Gasteiger partial charge is 0.534 e. The normalized spacial score (nSPS) is 13.3. The van der Waals surface area contributed by atoms with E-state index >= 15 is 0 Å². The van der Waals surface area contributed by atoms with Crippen molar-refractivity contribution >= 4 is 41.7 Å². The molecule has 6 nitrogen and oxygen atoms in total. The first-order valence-corrected chi connectivity index (χ1v) is 11.8. The number of hydrogen-bond acceptors (Lipinski definition) is 7. The number of alkyl halides is 6. The minimum Gasteiger partial charge on any atom is -0.376 e. The minimum atomic E-state index is -5.90. The van der Waals surface area contributed by atoms with Crippen molar-refractivity contribution in [3.05, 3.63) is 47.3 Å². The highest BCUT2D eigenvalue weighted by Gasteiger charge is 2.49. The van der Waals surface area contributed by atoms with Crippen LogP contribution in [0.15, 0.2) is 42.5 Å². The molecule has 0 unspecified atom stereocenters. The Bertz CT molecular complexity index is 1370. The molecule has 1 heterocycles. The summed E-state index contributed by atoms with van der Waals surface area (Å²) in [6.07, 6.45) is 0. The lowest BCUT2D eigenvalue weighted by Crippen LogP contribution is -2.28. The van der Waals surface area contributed by atoms with Crippen LogP contribution in [0.1, 0.15) is 4.88 Å². The number of halogens is 6. The van der Waals surface area contributed by atoms with Crippen molar-refractivity contribution in [1.29, 1.82) is 0 Å². The van der Waals surface area contributed by atoms with Crippen molar-refractivity contribution in [2.45, 2.75) is 17.9 Å². The lowest BCUT2D eigenvalue weighted by atomic mass is 10.0. The van der Waals surface area contributed by atoms with Gasteiger partial charge in [-0.15, -0.1) is 11.3 Å². The van der Waals surface area contributed by atoms with Gasteiger partial charge in [0.25, 0.3) is 0 Å². The van der Waals surface area contributed by atoms with Crippen LogP contribution in [0.5, 0.6) is 11.5 Å². The topological polar surface area (TPSA) is 86.7 Å². The quantitative estimate of drug-likeness (QED) is 0.257. The smallest absolute Gasteiger partial charge is 0.376 e. The van der Waals surface area contributed by atoms with Gasteiger partial charge in [-0.05, 0) is 48.4 Å². The van der Waals surface area contributed by atoms with E-state index < -0.39 is 42.8 Å². The molecule has 174 valence electrons. The summed E-state index contributed by atoms with van der Waals surface area (Å²) in [4.78, 5) is 0.609. The molecule has 1 aromatic heterocycles. The first-order chi connectivity index (χ1) is 14.5. The highest BCUT2D eigenvalue weighted by molar-refractivity contribution is 7.88. The minimum absolute atomic E-state index is 0.0906. The van der Waals surface area contributed by atoms with Gasteiger partial charge in [0.1, 0.15) is 5.75 Å². The van der Waals surface area contributed by atoms with Crippen molar-refractivity contribution in [2.24, 2.45) is 0 Å². The van der Waals surface area contributed by atoms with Gasteiger partial charge in [0.05, 0.1) is 4.70 Å². The summed E-state index contributed by atoms with van der Waals surface area (Å²) < 4.78 is 129. The van der Waals surface area contributed by atoms with Gasteiger partial charge in [0, 0.05) is 10.3 Å². The van der Waals surface area contributed by atoms with Crippen molar-refractivity contribution in [2.75, 3.05) is 0 Å². The van der Waals surface area contributed by atoms with E-state index in [2.05, 4.69) is 8.37 Å². The molecule has 15 heteroatoms. The highest BCUT2D eigenvalue weighted by Crippen LogP contribution is 2.41. The fourth-order valence-electron chi connectivity index (χ4n) is 2.57. The Morgan fingerprint density at radius 3 is 1.84 bits per heavy atom. The Balaban J connectivity index is 2.01. The van der Waals surface area contributed by atoms with Gasteiger partial charge >= 0.3 is 31.3 Å². The Morgan fingerprint density at radius 1 is 0.781 bits per heavy atom. The molecular weight excluding hydrogens is 510 g/mol. The summed E-state index contributed by atoms with van der Waals surface area (Å²) in [5.74, 6) is -1.16. The van der Waals surface area contributed by atoms with Crippen molar-refractivity contribution in [3.8, 4) is 22.6 Å². The van der Waals surface area contributed by atoms with Crippen LogP contribution in [0.2, 0.25) is 0 Å². The van der Waals surface area contributed by atoms with E-state index in [0.717, 1.165) is 29.5 Å². The van der Waals surface area contributed by atoms with Crippen molar-refractivity contribution in [3.63, 3.8) is 0 Å². The third-order valence-electron chi connectivity index (χ3n) is 3.91. The molecule has 0 atom stereocenters. The number of rotatable bonds is 5. The van der Waals surface area contributed by atoms with Gasteiger partial charge in [-0.3, -0.25) is 0 Å². The van der Waals surface area contributed by atoms with Crippen LogP contribution in [-0.2, 0) is 20.2 Å². The Kier molecular flexibility index (Phi) is 5.89. The second-order valence-corrected chi connectivity index (χ2v) is 10.5. The molecule has 0 spiro atoms. The molecule has 0 radical (unpaired) electrons. The third-order valence-corrected chi connectivity index (χ3v) is 6.92. The van der Waals surface area contributed by atoms with Gasteiger partial charge in [-0.2, -0.15) is 43.2 Å². The molecule has 3 aromatic rings. The average Bonchev–Trinajstić information content (AvgIpc) is 3.02. The number of thiophene rings is 1. The van der Waals surface area contributed by atoms with Crippen molar-refractivity contribution in [1.82, 2.24) is 0 Å². The molecule has 0 N–H and O–H groups in total. The van der Waals surface area contributed by atoms with E-state index in [9.17, 15) is 43.2 Å². The molecule has 3 rings (SSSR count). The van der Waals surface area contributed by atoms with E-state index in [4.69, 9.17) is 0 Å². The number of benzene rings is 2. The summed E-state index contributed by atoms with van der Waals surface area (Å²) in [5.41, 5.74) is -10.5. The van der Waals surface area contributed by atoms with E-state index in [0.29, 0.717) is 21.4 Å². The standard InChI is InChI=1S/C17H10F6O6S3/c1-9-8-13-12(6-7-14(15(13)30-9)29-32(26,27)17(21,22)23)10-2-4-11(5-3-10)28-31(24,25)16(18,19)20/h2-8H,1H3. The SMILES string of the molecule is Cc1cc2c(-c3ccc(OS(=O)(=O)C(F)(F)F)cc3)ccc(OS(=O)(=O)C(F)(F)F)c2s1. The predicted octanol–water partition coefficient (Wildman–Crippen LogP) is 5.33. The number of aryl methyl sites for hydroxylation is 1. The summed E-state index contributed by atoms with van der Waals surface area (Å²) in [6, 6.07) is 8.21. The first-order valence-electron chi connectivity index (χ1n) is 8.17. The fraction of sp³-hybridized carbons (Fsp3) is 0.176. The highest BCUT2D eigenvalue weighted by atomic mass is 32.2. The number of hydrogen-bond donors (Lipinski definition) is 0. The zero-order valence-electron chi connectivity index (χ0n) is 15.5. The van der Waals surface area contributed by atoms with Crippen LogP contribution in [0, 0.1) is 6.92 Å². The monoisotopic (exact) mass is 520 g/mol. The molecule has 2 aromatic carbocycles. The Morgan fingerprint density at radius 2 is 1.31 bits per heavy atom. The molecular formula is C17H10F6O6S3. The average molecular weight is 520 g/mol. The van der Waals surface area contributed by atoms with Crippen LogP contribution in [-0.4, -0.2) is 27.9 Å². The van der Waals surface area contributed by atoms with E-state index in [-0.39, 0.29) is 4.70 Å². The second kappa shape index (κ2) is 7.81. The fourth-order valence-corrected chi connectivity index (χ4v) is 4.54. The molecule has 0 saturated heterocycles. The van der Waals surface area contributed by atoms with Crippen LogP contribution in [0.4, 0.5) is 26.3 Å². The maximum atomic E-state index is 12.7. The summed E-state index contributed by atoms with van der Waals surface area (Å²) in [5, 5.41) is 0.318. The van der Waals surface area contributed by atoms with E-state index in [1.54, 1.807) is 13.0 Å². The molecule has 32 heavy (non-hydrogen) atoms. The first kappa shape index (κ1) is 24.1. The third kappa shape index (κ3) is 4.63. The molecule has 0 aliphatic rings. The van der Waals surface area contributed by atoms with Gasteiger partial charge in [-0.25, -0.2) is 0 Å². The molecule has 0 amide bonds. The summed E-state index contributed by atoms with van der Waals surface area (Å²) in [7, 11) is -11.8. The molecule has 0 bridgehead atoms. The van der Waals surface area contributed by atoms with Crippen LogP contribution in [0.25, 0.3) is 21.2 Å². The Hall–Kier alpha value is -2.52. The van der Waals surface area contributed by atoms with Crippen LogP contribution < -0.4 is 8.37 Å². The predicted molar refractivity (Wildman–Crippen MR) is 103 cm³/mol.